The Hall–Kier alpha value is -2.33. The quantitative estimate of drug-likeness (QED) is 0.789. The van der Waals surface area contributed by atoms with Crippen LogP contribution in [0.15, 0.2) is 60.7 Å². The Kier molecular flexibility index (Phi) is 7.28. The van der Waals surface area contributed by atoms with Crippen LogP contribution in [0.5, 0.6) is 0 Å². The lowest BCUT2D eigenvalue weighted by Gasteiger charge is -2.32. The molecule has 1 heterocycles. The predicted octanol–water partition coefficient (Wildman–Crippen LogP) is 4.42. The molecule has 1 N–H and O–H groups in total. The monoisotopic (exact) mass is 366 g/mol. The second kappa shape index (κ2) is 10.1. The summed E-state index contributed by atoms with van der Waals surface area (Å²) in [6.45, 7) is 4.81. The first-order chi connectivity index (χ1) is 13.3. The number of nitrogens with zero attached hydrogens (tertiary/aromatic N) is 1. The van der Waals surface area contributed by atoms with E-state index in [0.29, 0.717) is 18.6 Å². The molecule has 2 aromatic rings. The minimum Gasteiger partial charge on any atom is -0.450 e. The van der Waals surface area contributed by atoms with Crippen molar-refractivity contribution in [1.29, 1.82) is 0 Å². The summed E-state index contributed by atoms with van der Waals surface area (Å²) in [7, 11) is 0. The highest BCUT2D eigenvalue weighted by Crippen LogP contribution is 2.27. The van der Waals surface area contributed by atoms with Gasteiger partial charge in [0.25, 0.3) is 0 Å². The van der Waals surface area contributed by atoms with E-state index in [1.807, 2.05) is 11.8 Å². The normalized spacial score (nSPS) is 15.1. The minimum absolute atomic E-state index is 0.177. The third kappa shape index (κ3) is 5.57. The van der Waals surface area contributed by atoms with Crippen molar-refractivity contribution in [2.75, 3.05) is 26.2 Å². The molecule has 144 valence electrons. The summed E-state index contributed by atoms with van der Waals surface area (Å²) in [4.78, 5) is 13.6. The van der Waals surface area contributed by atoms with Gasteiger partial charge in [-0.1, -0.05) is 60.7 Å². The smallest absolute Gasteiger partial charge is 0.409 e. The zero-order valence-corrected chi connectivity index (χ0v) is 16.1. The van der Waals surface area contributed by atoms with E-state index in [9.17, 15) is 4.79 Å². The molecule has 0 atom stereocenters. The molecule has 0 spiro atoms. The molecule has 1 amide bonds. The van der Waals surface area contributed by atoms with Crippen molar-refractivity contribution in [3.63, 3.8) is 0 Å². The Labute approximate surface area is 162 Å². The summed E-state index contributed by atoms with van der Waals surface area (Å²) in [5.41, 5.74) is 2.73. The van der Waals surface area contributed by atoms with Crippen LogP contribution in [0.2, 0.25) is 0 Å². The largest absolute Gasteiger partial charge is 0.450 e. The van der Waals surface area contributed by atoms with Crippen LogP contribution < -0.4 is 5.32 Å². The second-order valence-electron chi connectivity index (χ2n) is 7.08. The fourth-order valence-electron chi connectivity index (χ4n) is 3.81. The maximum atomic E-state index is 11.8. The van der Waals surface area contributed by atoms with Gasteiger partial charge in [-0.2, -0.15) is 0 Å². The highest BCUT2D eigenvalue weighted by Gasteiger charge is 2.23. The molecule has 4 nitrogen and oxygen atoms in total. The van der Waals surface area contributed by atoms with Gasteiger partial charge in [0.05, 0.1) is 6.61 Å². The summed E-state index contributed by atoms with van der Waals surface area (Å²) in [6.07, 6.45) is 2.86. The maximum absolute atomic E-state index is 11.8. The Morgan fingerprint density at radius 1 is 1.04 bits per heavy atom. The number of ether oxygens (including phenoxy) is 1. The standard InChI is InChI=1S/C23H30N2O2/c1-2-27-23(26)25-17-14-21(15-18-25)24-16-13-22(19-9-5-3-6-10-19)20-11-7-4-8-12-20/h3-12,21-22,24H,2,13-18H2,1H3. The van der Waals surface area contributed by atoms with Gasteiger partial charge in [-0.3, -0.25) is 0 Å². The van der Waals surface area contributed by atoms with Crippen LogP contribution >= 0.6 is 0 Å². The number of carbonyl (C=O) groups is 1. The van der Waals surface area contributed by atoms with Crippen LogP contribution in [0.25, 0.3) is 0 Å². The molecule has 1 fully saturated rings. The fraction of sp³-hybridized carbons (Fsp3) is 0.435. The Balaban J connectivity index is 1.51. The van der Waals surface area contributed by atoms with E-state index < -0.39 is 0 Å². The number of hydrogen-bond acceptors (Lipinski definition) is 3. The average molecular weight is 367 g/mol. The van der Waals surface area contributed by atoms with Gasteiger partial charge in [0.2, 0.25) is 0 Å². The van der Waals surface area contributed by atoms with Crippen molar-refractivity contribution in [1.82, 2.24) is 10.2 Å². The summed E-state index contributed by atoms with van der Waals surface area (Å²) < 4.78 is 5.09. The summed E-state index contributed by atoms with van der Waals surface area (Å²) in [5, 5.41) is 3.70. The predicted molar refractivity (Wildman–Crippen MR) is 109 cm³/mol. The summed E-state index contributed by atoms with van der Waals surface area (Å²) in [5.74, 6) is 0.402. The van der Waals surface area contributed by atoms with E-state index in [0.717, 1.165) is 38.9 Å². The number of amides is 1. The number of hydrogen-bond donors (Lipinski definition) is 1. The molecule has 1 aliphatic heterocycles. The van der Waals surface area contributed by atoms with Gasteiger partial charge in [-0.05, 0) is 43.9 Å². The van der Waals surface area contributed by atoms with Crippen LogP contribution in [0.3, 0.4) is 0 Å². The number of nitrogens with one attached hydrogen (secondary N) is 1. The van der Waals surface area contributed by atoms with Crippen molar-refractivity contribution in [3.8, 4) is 0 Å². The number of likely N-dealkylation sites (tertiary alicyclic amines) is 1. The molecule has 0 unspecified atom stereocenters. The molecular weight excluding hydrogens is 336 g/mol. The van der Waals surface area contributed by atoms with Gasteiger partial charge in [0.15, 0.2) is 0 Å². The number of carbonyl (C=O) groups excluding carboxylic acids is 1. The molecule has 3 rings (SSSR count). The van der Waals surface area contributed by atoms with Crippen LogP contribution in [0.1, 0.15) is 43.2 Å². The average Bonchev–Trinajstić information content (AvgIpc) is 2.73. The number of piperidine rings is 1. The third-order valence-corrected chi connectivity index (χ3v) is 5.29. The van der Waals surface area contributed by atoms with Gasteiger partial charge < -0.3 is 15.0 Å². The first-order valence-electron chi connectivity index (χ1n) is 10.0. The van der Waals surface area contributed by atoms with Gasteiger partial charge >= 0.3 is 6.09 Å². The van der Waals surface area contributed by atoms with Gasteiger partial charge in [0, 0.05) is 25.0 Å². The molecule has 1 aliphatic rings. The molecule has 0 radical (unpaired) electrons. The summed E-state index contributed by atoms with van der Waals surface area (Å²) >= 11 is 0. The second-order valence-corrected chi connectivity index (χ2v) is 7.08. The molecule has 0 aromatic heterocycles. The molecule has 2 aromatic carbocycles. The van der Waals surface area contributed by atoms with Gasteiger partial charge in [0.1, 0.15) is 0 Å². The Bertz CT molecular complexity index is 643. The van der Waals surface area contributed by atoms with Crippen LogP contribution in [-0.4, -0.2) is 43.3 Å². The number of benzene rings is 2. The highest BCUT2D eigenvalue weighted by molar-refractivity contribution is 5.67. The Morgan fingerprint density at radius 2 is 1.59 bits per heavy atom. The Morgan fingerprint density at radius 3 is 2.11 bits per heavy atom. The number of rotatable bonds is 7. The molecule has 1 saturated heterocycles. The molecule has 4 heteroatoms. The molecule has 27 heavy (non-hydrogen) atoms. The van der Waals surface area contributed by atoms with Crippen LogP contribution in [-0.2, 0) is 4.74 Å². The SMILES string of the molecule is CCOC(=O)N1CCC(NCCC(c2ccccc2)c2ccccc2)CC1. The van der Waals surface area contributed by atoms with Crippen LogP contribution in [0.4, 0.5) is 4.79 Å². The third-order valence-electron chi connectivity index (χ3n) is 5.29. The van der Waals surface area contributed by atoms with Gasteiger partial charge in [-0.25, -0.2) is 4.79 Å². The first kappa shape index (κ1) is 19.4. The van der Waals surface area contributed by atoms with E-state index in [2.05, 4.69) is 66.0 Å². The van der Waals surface area contributed by atoms with Crippen molar-refractivity contribution in [3.05, 3.63) is 71.8 Å². The fourth-order valence-corrected chi connectivity index (χ4v) is 3.81. The van der Waals surface area contributed by atoms with Crippen molar-refractivity contribution >= 4 is 6.09 Å². The minimum atomic E-state index is -0.177. The summed E-state index contributed by atoms with van der Waals surface area (Å²) in [6, 6.07) is 21.9. The lowest BCUT2D eigenvalue weighted by molar-refractivity contribution is 0.0951. The lowest BCUT2D eigenvalue weighted by Crippen LogP contribution is -2.45. The van der Waals surface area contributed by atoms with E-state index in [1.165, 1.54) is 11.1 Å². The first-order valence-corrected chi connectivity index (χ1v) is 10.0. The maximum Gasteiger partial charge on any atom is 0.409 e. The van der Waals surface area contributed by atoms with Crippen molar-refractivity contribution in [2.24, 2.45) is 0 Å². The lowest BCUT2D eigenvalue weighted by atomic mass is 9.88. The van der Waals surface area contributed by atoms with E-state index in [1.54, 1.807) is 0 Å². The molecule has 0 aliphatic carbocycles. The van der Waals surface area contributed by atoms with Crippen molar-refractivity contribution in [2.45, 2.75) is 38.1 Å². The topological polar surface area (TPSA) is 41.6 Å². The van der Waals surface area contributed by atoms with E-state index in [4.69, 9.17) is 4.74 Å². The molecule has 0 bridgehead atoms. The molecular formula is C23H30N2O2. The van der Waals surface area contributed by atoms with Gasteiger partial charge in [-0.15, -0.1) is 0 Å². The van der Waals surface area contributed by atoms with E-state index in [-0.39, 0.29) is 6.09 Å². The highest BCUT2D eigenvalue weighted by atomic mass is 16.6. The molecule has 0 saturated carbocycles. The zero-order chi connectivity index (χ0) is 18.9. The zero-order valence-electron chi connectivity index (χ0n) is 16.1. The van der Waals surface area contributed by atoms with E-state index >= 15 is 0 Å². The van der Waals surface area contributed by atoms with Crippen LogP contribution in [0, 0.1) is 0 Å². The van der Waals surface area contributed by atoms with Crippen molar-refractivity contribution < 1.29 is 9.53 Å².